The number of fused-ring (bicyclic) bond motifs is 3. The molecule has 0 aliphatic heterocycles. The Morgan fingerprint density at radius 2 is 1.97 bits per heavy atom. The number of anilines is 1. The van der Waals surface area contributed by atoms with Crippen LogP contribution in [0.4, 0.5) is 5.82 Å². The van der Waals surface area contributed by atoms with Gasteiger partial charge in [0, 0.05) is 41.0 Å². The second-order valence-corrected chi connectivity index (χ2v) is 10.8. The van der Waals surface area contributed by atoms with E-state index in [4.69, 9.17) is 10.7 Å². The molecule has 1 aromatic carbocycles. The number of hydrogen-bond donors (Lipinski definition) is 2. The number of benzene rings is 1. The average Bonchev–Trinajstić information content (AvgIpc) is 3.45. The Labute approximate surface area is 190 Å². The number of imidazole rings is 1. The van der Waals surface area contributed by atoms with Crippen molar-refractivity contribution in [3.05, 3.63) is 59.0 Å². The molecule has 7 heteroatoms. The molecule has 4 fully saturated rings. The van der Waals surface area contributed by atoms with E-state index in [9.17, 15) is 9.90 Å². The number of aromatic nitrogens is 4. The summed E-state index contributed by atoms with van der Waals surface area (Å²) in [4.78, 5) is 22.9. The smallest absolute Gasteiger partial charge is 0.258 e. The molecule has 0 saturated heterocycles. The molecule has 3 N–H and O–H groups in total. The first-order valence-electron chi connectivity index (χ1n) is 11.8. The van der Waals surface area contributed by atoms with Crippen LogP contribution >= 0.6 is 0 Å². The van der Waals surface area contributed by atoms with Crippen molar-refractivity contribution in [2.24, 2.45) is 5.92 Å². The molecule has 33 heavy (non-hydrogen) atoms. The van der Waals surface area contributed by atoms with Crippen molar-refractivity contribution in [3.63, 3.8) is 0 Å². The van der Waals surface area contributed by atoms with E-state index in [1.165, 1.54) is 6.42 Å². The van der Waals surface area contributed by atoms with Crippen LogP contribution in [0.5, 0.6) is 0 Å². The van der Waals surface area contributed by atoms with Crippen LogP contribution in [0.2, 0.25) is 0 Å². The standard InChI is InChI=1S/C26H27N5O2/c1-25(33)13-18(14-25)23-29-20(21-22(27)28-7-9-30(21)23)17-3-2-16-5-8-31(24(32)19(16)10-17)26-6-4-15(11-26)12-26/h2-3,5,7-10,15,18,33H,4,6,11-14H2,1H3,(H2,27,28). The lowest BCUT2D eigenvalue weighted by Crippen LogP contribution is -2.44. The zero-order chi connectivity index (χ0) is 22.5. The van der Waals surface area contributed by atoms with Gasteiger partial charge in [-0.15, -0.1) is 0 Å². The van der Waals surface area contributed by atoms with E-state index in [1.54, 1.807) is 6.20 Å². The molecule has 4 saturated carbocycles. The van der Waals surface area contributed by atoms with Crippen LogP contribution in [0, 0.1) is 5.92 Å². The van der Waals surface area contributed by atoms with Gasteiger partial charge in [0.2, 0.25) is 0 Å². The topological polar surface area (TPSA) is 98.4 Å². The molecular weight excluding hydrogens is 414 g/mol. The van der Waals surface area contributed by atoms with Crippen LogP contribution < -0.4 is 11.3 Å². The van der Waals surface area contributed by atoms with Gasteiger partial charge in [0.05, 0.1) is 5.60 Å². The largest absolute Gasteiger partial charge is 0.390 e. The van der Waals surface area contributed by atoms with E-state index in [0.717, 1.165) is 58.6 Å². The zero-order valence-electron chi connectivity index (χ0n) is 18.7. The van der Waals surface area contributed by atoms with Crippen LogP contribution in [-0.2, 0) is 5.54 Å². The molecule has 0 atom stereocenters. The highest BCUT2D eigenvalue weighted by Gasteiger charge is 2.52. The van der Waals surface area contributed by atoms with Gasteiger partial charge in [-0.2, -0.15) is 0 Å². The van der Waals surface area contributed by atoms with Gasteiger partial charge in [0.25, 0.3) is 5.56 Å². The number of nitrogens with two attached hydrogens (primary N) is 1. The summed E-state index contributed by atoms with van der Waals surface area (Å²) in [6, 6.07) is 8.03. The van der Waals surface area contributed by atoms with Gasteiger partial charge < -0.3 is 15.4 Å². The lowest BCUT2D eigenvalue weighted by Gasteiger charge is -2.40. The number of hydrogen-bond acceptors (Lipinski definition) is 5. The highest BCUT2D eigenvalue weighted by molar-refractivity contribution is 5.91. The molecule has 0 spiro atoms. The summed E-state index contributed by atoms with van der Waals surface area (Å²) in [7, 11) is 0. The third-order valence-corrected chi connectivity index (χ3v) is 8.39. The van der Waals surface area contributed by atoms with E-state index in [2.05, 4.69) is 11.1 Å². The fourth-order valence-electron chi connectivity index (χ4n) is 6.73. The maximum atomic E-state index is 13.6. The van der Waals surface area contributed by atoms with Crippen LogP contribution in [0.3, 0.4) is 0 Å². The lowest BCUT2D eigenvalue weighted by atomic mass is 9.72. The third kappa shape index (κ3) is 2.63. The maximum Gasteiger partial charge on any atom is 0.258 e. The number of nitrogen functional groups attached to an aromatic ring is 1. The Morgan fingerprint density at radius 3 is 2.70 bits per heavy atom. The SMILES string of the molecule is CC1(O)CC(c2nc(-c3ccc4ccn(C56CCC(C5)C6)c(=O)c4c3)c3c(N)nccn23)C1. The van der Waals surface area contributed by atoms with Gasteiger partial charge >= 0.3 is 0 Å². The molecule has 4 aromatic rings. The van der Waals surface area contributed by atoms with Gasteiger partial charge in [-0.1, -0.05) is 12.1 Å². The fraction of sp³-hybridized carbons (Fsp3) is 0.423. The quantitative estimate of drug-likeness (QED) is 0.504. The Balaban J connectivity index is 1.40. The predicted molar refractivity (Wildman–Crippen MR) is 127 cm³/mol. The van der Waals surface area contributed by atoms with Gasteiger partial charge in [0.15, 0.2) is 0 Å². The minimum absolute atomic E-state index is 0.0235. The van der Waals surface area contributed by atoms with Crippen LogP contribution in [0.25, 0.3) is 27.5 Å². The van der Waals surface area contributed by atoms with Gasteiger partial charge in [-0.05, 0) is 68.9 Å². The van der Waals surface area contributed by atoms with Crippen molar-refractivity contribution >= 4 is 22.1 Å². The molecule has 3 aromatic heterocycles. The average molecular weight is 442 g/mol. The van der Waals surface area contributed by atoms with E-state index in [1.807, 2.05) is 46.5 Å². The highest BCUT2D eigenvalue weighted by Crippen LogP contribution is 2.56. The molecule has 0 amide bonds. The summed E-state index contributed by atoms with van der Waals surface area (Å²) in [6.07, 6.45) is 11.5. The summed E-state index contributed by atoms with van der Waals surface area (Å²) in [5, 5.41) is 11.9. The van der Waals surface area contributed by atoms with Gasteiger partial charge in [-0.25, -0.2) is 9.97 Å². The van der Waals surface area contributed by atoms with Crippen molar-refractivity contribution in [2.45, 2.75) is 62.5 Å². The van der Waals surface area contributed by atoms with Crippen LogP contribution in [0.1, 0.15) is 57.2 Å². The van der Waals surface area contributed by atoms with Gasteiger partial charge in [-0.3, -0.25) is 9.20 Å². The Hall–Kier alpha value is -3.19. The Bertz CT molecular complexity index is 1500. The Kier molecular flexibility index (Phi) is 3.64. The number of pyridine rings is 1. The van der Waals surface area contributed by atoms with Crippen LogP contribution in [0.15, 0.2) is 47.7 Å². The molecule has 8 rings (SSSR count). The summed E-state index contributed by atoms with van der Waals surface area (Å²) >= 11 is 0. The minimum Gasteiger partial charge on any atom is -0.390 e. The maximum absolute atomic E-state index is 13.6. The van der Waals surface area contributed by atoms with E-state index >= 15 is 0 Å². The molecule has 3 heterocycles. The molecule has 2 bridgehead atoms. The summed E-state index contributed by atoms with van der Waals surface area (Å²) in [5.74, 6) is 2.25. The second-order valence-electron chi connectivity index (χ2n) is 10.8. The highest BCUT2D eigenvalue weighted by atomic mass is 16.3. The molecule has 4 aliphatic rings. The summed E-state index contributed by atoms with van der Waals surface area (Å²) in [5.41, 5.74) is 8.12. The number of rotatable bonds is 3. The van der Waals surface area contributed by atoms with Crippen molar-refractivity contribution in [3.8, 4) is 11.3 Å². The van der Waals surface area contributed by atoms with E-state index < -0.39 is 5.60 Å². The van der Waals surface area contributed by atoms with Crippen molar-refractivity contribution in [2.75, 3.05) is 5.73 Å². The third-order valence-electron chi connectivity index (χ3n) is 8.39. The first-order valence-corrected chi connectivity index (χ1v) is 11.8. The monoisotopic (exact) mass is 441 g/mol. The van der Waals surface area contributed by atoms with E-state index in [-0.39, 0.29) is 17.0 Å². The van der Waals surface area contributed by atoms with Crippen molar-refractivity contribution in [1.82, 2.24) is 18.9 Å². The molecule has 168 valence electrons. The summed E-state index contributed by atoms with van der Waals surface area (Å²) in [6.45, 7) is 1.86. The van der Waals surface area contributed by atoms with Crippen molar-refractivity contribution in [1.29, 1.82) is 0 Å². The summed E-state index contributed by atoms with van der Waals surface area (Å²) < 4.78 is 3.99. The Morgan fingerprint density at radius 1 is 1.15 bits per heavy atom. The first-order chi connectivity index (χ1) is 15.8. The molecule has 4 aliphatic carbocycles. The zero-order valence-corrected chi connectivity index (χ0v) is 18.7. The fourth-order valence-corrected chi connectivity index (χ4v) is 6.73. The van der Waals surface area contributed by atoms with Crippen molar-refractivity contribution < 1.29 is 5.11 Å². The molecule has 7 nitrogen and oxygen atoms in total. The number of nitrogens with zero attached hydrogens (tertiary/aromatic N) is 4. The normalized spacial score (nSPS) is 30.5. The number of aliphatic hydroxyl groups is 1. The molecule has 0 unspecified atom stereocenters. The molecular formula is C26H27N5O2. The second kappa shape index (κ2) is 6.23. The van der Waals surface area contributed by atoms with E-state index in [0.29, 0.717) is 18.7 Å². The minimum atomic E-state index is -0.649. The van der Waals surface area contributed by atoms with Crippen LogP contribution in [-0.4, -0.2) is 29.6 Å². The first kappa shape index (κ1) is 19.3. The van der Waals surface area contributed by atoms with Gasteiger partial charge in [0.1, 0.15) is 22.9 Å². The predicted octanol–water partition coefficient (Wildman–Crippen LogP) is 3.82. The molecule has 0 radical (unpaired) electrons. The lowest BCUT2D eigenvalue weighted by molar-refractivity contribution is -0.0335.